The largest absolute Gasteiger partial charge is 0.485 e. The van der Waals surface area contributed by atoms with Crippen molar-refractivity contribution in [2.75, 3.05) is 25.0 Å². The maximum absolute atomic E-state index is 13.9. The maximum Gasteiger partial charge on any atom is 0.272 e. The summed E-state index contributed by atoms with van der Waals surface area (Å²) in [7, 11) is 0. The van der Waals surface area contributed by atoms with Crippen LogP contribution >= 0.6 is 0 Å². The Kier molecular flexibility index (Phi) is 4.89. The van der Waals surface area contributed by atoms with E-state index in [4.69, 9.17) is 4.74 Å². The van der Waals surface area contributed by atoms with E-state index in [2.05, 4.69) is 30.7 Å². The van der Waals surface area contributed by atoms with Crippen LogP contribution in [-0.4, -0.2) is 62.9 Å². The van der Waals surface area contributed by atoms with Crippen LogP contribution in [0.4, 0.5) is 19.0 Å². The van der Waals surface area contributed by atoms with Gasteiger partial charge in [0.1, 0.15) is 41.4 Å². The van der Waals surface area contributed by atoms with Gasteiger partial charge in [-0.2, -0.15) is 5.10 Å². The van der Waals surface area contributed by atoms with Crippen molar-refractivity contribution in [1.82, 2.24) is 29.9 Å². The molecule has 0 spiro atoms. The summed E-state index contributed by atoms with van der Waals surface area (Å²) < 4.78 is 46.0. The van der Waals surface area contributed by atoms with Crippen LogP contribution in [0.1, 0.15) is 24.5 Å². The molecule has 3 aromatic heterocycles. The first-order chi connectivity index (χ1) is 14.6. The zero-order valence-corrected chi connectivity index (χ0v) is 15.9. The molecule has 1 aliphatic heterocycles. The van der Waals surface area contributed by atoms with Gasteiger partial charge in [0.05, 0.1) is 24.6 Å². The van der Waals surface area contributed by atoms with Crippen molar-refractivity contribution in [3.05, 3.63) is 30.4 Å². The highest BCUT2D eigenvalue weighted by Crippen LogP contribution is 2.43. The predicted octanol–water partition coefficient (Wildman–Crippen LogP) is 2.43. The molecule has 8 nitrogen and oxygen atoms in total. The van der Waals surface area contributed by atoms with Crippen LogP contribution in [0, 0.1) is 0 Å². The van der Waals surface area contributed by atoms with Gasteiger partial charge < -0.3 is 15.4 Å². The molecule has 3 aromatic rings. The monoisotopic (exact) mass is 419 g/mol. The number of alkyl halides is 3. The molecule has 0 aromatic carbocycles. The predicted molar refractivity (Wildman–Crippen MR) is 103 cm³/mol. The van der Waals surface area contributed by atoms with E-state index in [0.29, 0.717) is 47.4 Å². The van der Waals surface area contributed by atoms with E-state index in [9.17, 15) is 13.2 Å². The zero-order chi connectivity index (χ0) is 20.7. The fourth-order valence-electron chi connectivity index (χ4n) is 3.53. The molecule has 158 valence electrons. The van der Waals surface area contributed by atoms with Gasteiger partial charge in [0, 0.05) is 25.1 Å². The Labute approximate surface area is 169 Å². The van der Waals surface area contributed by atoms with Crippen molar-refractivity contribution in [3.63, 3.8) is 0 Å². The van der Waals surface area contributed by atoms with E-state index >= 15 is 0 Å². The summed E-state index contributed by atoms with van der Waals surface area (Å²) in [6.07, 6.45) is 3.03. The number of hydrogen-bond donors (Lipinski definition) is 2. The van der Waals surface area contributed by atoms with Crippen molar-refractivity contribution in [3.8, 4) is 17.1 Å². The fraction of sp³-hybridized carbons (Fsp3) is 0.474. The third-order valence-corrected chi connectivity index (χ3v) is 5.18. The van der Waals surface area contributed by atoms with Gasteiger partial charge in [-0.3, -0.25) is 4.98 Å². The number of ether oxygens (including phenoxy) is 1. The lowest BCUT2D eigenvalue weighted by molar-refractivity contribution is 0.0811. The van der Waals surface area contributed by atoms with Crippen LogP contribution in [-0.2, 0) is 0 Å². The van der Waals surface area contributed by atoms with E-state index in [1.807, 2.05) is 0 Å². The Morgan fingerprint density at radius 1 is 1.23 bits per heavy atom. The Morgan fingerprint density at radius 2 is 2.10 bits per heavy atom. The summed E-state index contributed by atoms with van der Waals surface area (Å²) in [5.74, 6) is 0.984. The molecule has 0 radical (unpaired) electrons. The molecule has 0 bridgehead atoms. The lowest BCUT2D eigenvalue weighted by Crippen LogP contribution is -2.29. The van der Waals surface area contributed by atoms with Crippen molar-refractivity contribution < 1.29 is 17.9 Å². The van der Waals surface area contributed by atoms with E-state index in [-0.39, 0.29) is 12.0 Å². The lowest BCUT2D eigenvalue weighted by Gasteiger charge is -2.15. The molecule has 2 aliphatic rings. The van der Waals surface area contributed by atoms with E-state index in [1.54, 1.807) is 23.0 Å². The molecule has 0 unspecified atom stereocenters. The van der Waals surface area contributed by atoms with E-state index < -0.39 is 19.2 Å². The van der Waals surface area contributed by atoms with Crippen LogP contribution in [0.25, 0.3) is 17.0 Å². The summed E-state index contributed by atoms with van der Waals surface area (Å²) in [6, 6.07) is 1.26. The fourth-order valence-corrected chi connectivity index (χ4v) is 3.53. The number of imidazole rings is 1. The minimum atomic E-state index is -2.56. The lowest BCUT2D eigenvalue weighted by atomic mass is 10.2. The third kappa shape index (κ3) is 3.76. The number of nitrogens with zero attached hydrogens (tertiary/aromatic N) is 5. The highest BCUT2D eigenvalue weighted by atomic mass is 19.3. The summed E-state index contributed by atoms with van der Waals surface area (Å²) in [6.45, 7) is 0.133. The Hall–Kier alpha value is -2.95. The molecule has 0 amide bonds. The minimum absolute atomic E-state index is 0.188. The molecular weight excluding hydrogens is 399 g/mol. The smallest absolute Gasteiger partial charge is 0.272 e. The van der Waals surface area contributed by atoms with Gasteiger partial charge in [0.2, 0.25) is 0 Å². The second kappa shape index (κ2) is 7.71. The van der Waals surface area contributed by atoms with Gasteiger partial charge in [-0.25, -0.2) is 27.7 Å². The number of anilines is 1. The zero-order valence-electron chi connectivity index (χ0n) is 15.9. The molecule has 1 saturated heterocycles. The van der Waals surface area contributed by atoms with Gasteiger partial charge in [-0.1, -0.05) is 0 Å². The molecule has 1 saturated carbocycles. The Morgan fingerprint density at radius 3 is 2.83 bits per heavy atom. The maximum atomic E-state index is 13.9. The normalized spacial score (nSPS) is 21.5. The number of rotatable bonds is 7. The highest BCUT2D eigenvalue weighted by molar-refractivity contribution is 5.61. The van der Waals surface area contributed by atoms with Gasteiger partial charge in [0.15, 0.2) is 5.65 Å². The first-order valence-corrected chi connectivity index (χ1v) is 9.82. The minimum Gasteiger partial charge on any atom is -0.485 e. The number of nitrogens with one attached hydrogen (secondary N) is 2. The first kappa shape index (κ1) is 19.0. The molecule has 30 heavy (non-hydrogen) atoms. The second-order valence-electron chi connectivity index (χ2n) is 7.50. The van der Waals surface area contributed by atoms with Crippen LogP contribution in [0.2, 0.25) is 0 Å². The molecule has 11 heteroatoms. The first-order valence-electron chi connectivity index (χ1n) is 9.82. The van der Waals surface area contributed by atoms with Gasteiger partial charge in [-0.05, 0) is 12.8 Å². The average molecular weight is 419 g/mol. The third-order valence-electron chi connectivity index (χ3n) is 5.18. The van der Waals surface area contributed by atoms with Crippen LogP contribution in [0.5, 0.6) is 5.75 Å². The SMILES string of the molecule is FC(F)COc1cc2ncc(-c3cncc(N[C@H]4CNC[C@@H]4F)n3)n2nc1C1CC1. The molecule has 5 rings (SSSR count). The topological polar surface area (TPSA) is 89.3 Å². The van der Waals surface area contributed by atoms with Crippen molar-refractivity contribution in [2.24, 2.45) is 0 Å². The van der Waals surface area contributed by atoms with Crippen molar-refractivity contribution in [2.45, 2.75) is 37.4 Å². The highest BCUT2D eigenvalue weighted by Gasteiger charge is 2.30. The number of halogens is 3. The summed E-state index contributed by atoms with van der Waals surface area (Å²) >= 11 is 0. The molecular formula is C19H20F3N7O. The second-order valence-corrected chi connectivity index (χ2v) is 7.50. The van der Waals surface area contributed by atoms with Gasteiger partial charge in [-0.15, -0.1) is 0 Å². The molecule has 2 atom stereocenters. The summed E-state index contributed by atoms with van der Waals surface area (Å²) in [5, 5.41) is 10.7. The summed E-state index contributed by atoms with van der Waals surface area (Å²) in [5.41, 5.74) is 2.22. The average Bonchev–Trinajstić information content (AvgIpc) is 3.38. The quantitative estimate of drug-likeness (QED) is 0.608. The van der Waals surface area contributed by atoms with Crippen LogP contribution in [0.15, 0.2) is 24.7 Å². The Bertz CT molecular complexity index is 1060. The molecule has 2 fully saturated rings. The van der Waals surface area contributed by atoms with Crippen LogP contribution < -0.4 is 15.4 Å². The van der Waals surface area contributed by atoms with Gasteiger partial charge in [0.25, 0.3) is 6.43 Å². The van der Waals surface area contributed by atoms with Crippen molar-refractivity contribution >= 4 is 11.5 Å². The van der Waals surface area contributed by atoms with Crippen molar-refractivity contribution in [1.29, 1.82) is 0 Å². The summed E-state index contributed by atoms with van der Waals surface area (Å²) in [4.78, 5) is 13.1. The Balaban J connectivity index is 1.47. The van der Waals surface area contributed by atoms with E-state index in [1.165, 1.54) is 6.20 Å². The van der Waals surface area contributed by atoms with Gasteiger partial charge >= 0.3 is 0 Å². The number of aromatic nitrogens is 5. The standard InChI is InChI=1S/C19H20F3N7O/c20-11-4-23-5-12(11)26-17-8-24-6-13(27-17)14-7-25-18-3-15(30-9-16(21)22)19(10-1-2-10)28-29(14)18/h3,6-8,10-12,16,23H,1-2,4-5,9H2,(H,26,27)/t11-,12-/m0/s1. The molecule has 1 aliphatic carbocycles. The number of hydrogen-bond acceptors (Lipinski definition) is 7. The number of fused-ring (bicyclic) bond motifs is 1. The molecule has 4 heterocycles. The molecule has 2 N–H and O–H groups in total. The van der Waals surface area contributed by atoms with E-state index in [0.717, 1.165) is 12.8 Å². The van der Waals surface area contributed by atoms with Crippen LogP contribution in [0.3, 0.4) is 0 Å².